The van der Waals surface area contributed by atoms with Crippen molar-refractivity contribution in [1.82, 2.24) is 10.2 Å². The first kappa shape index (κ1) is 20.3. The van der Waals surface area contributed by atoms with Gasteiger partial charge in [-0.25, -0.2) is 9.18 Å². The minimum absolute atomic E-state index is 0.0208. The number of urea groups is 1. The molecule has 0 bridgehead atoms. The van der Waals surface area contributed by atoms with E-state index in [1.54, 1.807) is 13.0 Å². The first-order chi connectivity index (χ1) is 13.3. The third-order valence-electron chi connectivity index (χ3n) is 3.99. The van der Waals surface area contributed by atoms with E-state index in [1.165, 1.54) is 30.3 Å². The number of carbonyl (C=O) groups is 2. The van der Waals surface area contributed by atoms with Crippen molar-refractivity contribution >= 4 is 49.9 Å². The molecule has 3 rings (SSSR count). The van der Waals surface area contributed by atoms with Gasteiger partial charge in [0.2, 0.25) is 0 Å². The van der Waals surface area contributed by atoms with Crippen molar-refractivity contribution in [3.8, 4) is 11.5 Å². The number of aromatic hydroxyl groups is 1. The molecule has 0 spiro atoms. The number of hydrogen-bond acceptors (Lipinski definition) is 4. The molecule has 0 aromatic heterocycles. The number of amides is 3. The normalized spacial score (nSPS) is 15.3. The van der Waals surface area contributed by atoms with Crippen LogP contribution in [-0.2, 0) is 11.3 Å². The maximum Gasteiger partial charge on any atom is 0.329 e. The van der Waals surface area contributed by atoms with Gasteiger partial charge in [0.1, 0.15) is 11.5 Å². The number of rotatable bonds is 5. The minimum atomic E-state index is -0.570. The Morgan fingerprint density at radius 1 is 1.21 bits per heavy atom. The predicted molar refractivity (Wildman–Crippen MR) is 108 cm³/mol. The monoisotopic (exact) mass is 512 g/mol. The topological polar surface area (TPSA) is 78.9 Å². The summed E-state index contributed by atoms with van der Waals surface area (Å²) in [6.07, 6.45) is 1.49. The van der Waals surface area contributed by atoms with Gasteiger partial charge in [-0.3, -0.25) is 9.69 Å². The summed E-state index contributed by atoms with van der Waals surface area (Å²) in [5.74, 6) is -0.738. The second kappa shape index (κ2) is 8.32. The smallest absolute Gasteiger partial charge is 0.329 e. The molecule has 28 heavy (non-hydrogen) atoms. The van der Waals surface area contributed by atoms with E-state index >= 15 is 0 Å². The van der Waals surface area contributed by atoms with Gasteiger partial charge in [-0.2, -0.15) is 0 Å². The molecular formula is C19H15Br2FN2O4. The van der Waals surface area contributed by atoms with E-state index in [0.29, 0.717) is 26.7 Å². The molecule has 0 unspecified atom stereocenters. The second-order valence-electron chi connectivity index (χ2n) is 5.88. The van der Waals surface area contributed by atoms with Crippen LogP contribution >= 0.6 is 31.9 Å². The van der Waals surface area contributed by atoms with Gasteiger partial charge in [-0.1, -0.05) is 12.1 Å². The van der Waals surface area contributed by atoms with Crippen LogP contribution in [0.25, 0.3) is 6.08 Å². The highest BCUT2D eigenvalue weighted by molar-refractivity contribution is 9.13. The summed E-state index contributed by atoms with van der Waals surface area (Å²) in [6.45, 7) is 2.15. The zero-order valence-corrected chi connectivity index (χ0v) is 17.8. The first-order valence-corrected chi connectivity index (χ1v) is 9.83. The predicted octanol–water partition coefficient (Wildman–Crippen LogP) is 4.55. The highest BCUT2D eigenvalue weighted by Crippen LogP contribution is 2.42. The summed E-state index contributed by atoms with van der Waals surface area (Å²) >= 11 is 6.62. The van der Waals surface area contributed by atoms with E-state index in [1.807, 2.05) is 0 Å². The minimum Gasteiger partial charge on any atom is -0.503 e. The van der Waals surface area contributed by atoms with Gasteiger partial charge in [0, 0.05) is 4.47 Å². The second-order valence-corrected chi connectivity index (χ2v) is 7.47. The number of nitrogens with one attached hydrogen (secondary N) is 1. The lowest BCUT2D eigenvalue weighted by Gasteiger charge is -2.12. The number of imide groups is 1. The van der Waals surface area contributed by atoms with Crippen molar-refractivity contribution in [3.63, 3.8) is 0 Å². The van der Waals surface area contributed by atoms with E-state index < -0.39 is 17.8 Å². The highest BCUT2D eigenvalue weighted by Gasteiger charge is 2.33. The number of benzene rings is 2. The maximum atomic E-state index is 13.0. The molecule has 3 amide bonds. The zero-order chi connectivity index (χ0) is 20.4. The van der Waals surface area contributed by atoms with Crippen molar-refractivity contribution < 1.29 is 23.8 Å². The molecular weight excluding hydrogens is 499 g/mol. The Bertz CT molecular complexity index is 977. The molecule has 1 saturated heterocycles. The fourth-order valence-corrected chi connectivity index (χ4v) is 3.47. The third kappa shape index (κ3) is 4.05. The van der Waals surface area contributed by atoms with Crippen LogP contribution in [0.1, 0.15) is 18.1 Å². The van der Waals surface area contributed by atoms with Crippen molar-refractivity contribution in [2.75, 3.05) is 6.61 Å². The number of carbonyl (C=O) groups excluding carboxylic acids is 2. The van der Waals surface area contributed by atoms with E-state index in [9.17, 15) is 19.1 Å². The van der Waals surface area contributed by atoms with Crippen LogP contribution in [0.15, 0.2) is 45.0 Å². The fraction of sp³-hybridized carbons (Fsp3) is 0.158. The molecule has 1 aliphatic heterocycles. The quantitative estimate of drug-likeness (QED) is 0.454. The lowest BCUT2D eigenvalue weighted by Crippen LogP contribution is -2.30. The Morgan fingerprint density at radius 2 is 1.89 bits per heavy atom. The number of phenolic OH excluding ortho intramolecular Hbond substituents is 1. The van der Waals surface area contributed by atoms with Gasteiger partial charge < -0.3 is 15.2 Å². The number of phenols is 1. The number of ether oxygens (including phenoxy) is 1. The van der Waals surface area contributed by atoms with Gasteiger partial charge in [-0.15, -0.1) is 0 Å². The van der Waals surface area contributed by atoms with Crippen molar-refractivity contribution in [1.29, 1.82) is 0 Å². The average molecular weight is 514 g/mol. The molecule has 1 heterocycles. The Hall–Kier alpha value is -2.39. The van der Waals surface area contributed by atoms with Crippen molar-refractivity contribution in [2.24, 2.45) is 0 Å². The summed E-state index contributed by atoms with van der Waals surface area (Å²) in [4.78, 5) is 25.9. The van der Waals surface area contributed by atoms with Crippen LogP contribution in [-0.4, -0.2) is 28.6 Å². The van der Waals surface area contributed by atoms with Crippen LogP contribution in [0.3, 0.4) is 0 Å². The Morgan fingerprint density at radius 3 is 2.54 bits per heavy atom. The fourth-order valence-electron chi connectivity index (χ4n) is 2.63. The van der Waals surface area contributed by atoms with Crippen LogP contribution in [0.2, 0.25) is 0 Å². The Balaban J connectivity index is 1.90. The molecule has 1 aliphatic rings. The largest absolute Gasteiger partial charge is 0.503 e. The summed E-state index contributed by atoms with van der Waals surface area (Å²) in [6, 6.07) is 6.55. The molecule has 0 aliphatic carbocycles. The molecule has 0 radical (unpaired) electrons. The molecule has 2 aromatic carbocycles. The average Bonchev–Trinajstić information content (AvgIpc) is 2.93. The molecule has 9 heteroatoms. The van der Waals surface area contributed by atoms with Gasteiger partial charge in [0.25, 0.3) is 5.91 Å². The van der Waals surface area contributed by atoms with Gasteiger partial charge >= 0.3 is 6.03 Å². The molecule has 6 nitrogen and oxygen atoms in total. The SMILES string of the molecule is CCOc1cc(/C=C2/NC(=O)N(Cc3ccc(F)cc3)C2=O)c(Br)c(Br)c1O. The molecule has 2 N–H and O–H groups in total. The summed E-state index contributed by atoms with van der Waals surface area (Å²) in [5, 5.41) is 12.7. The zero-order valence-electron chi connectivity index (χ0n) is 14.6. The maximum absolute atomic E-state index is 13.0. The van der Waals surface area contributed by atoms with Crippen LogP contribution in [0, 0.1) is 5.82 Å². The van der Waals surface area contributed by atoms with Crippen LogP contribution in [0.4, 0.5) is 9.18 Å². The van der Waals surface area contributed by atoms with Crippen LogP contribution in [0.5, 0.6) is 11.5 Å². The van der Waals surface area contributed by atoms with Gasteiger partial charge in [-0.05, 0) is 74.2 Å². The standard InChI is InChI=1S/C19H15Br2FN2O4/c1-2-28-14-8-11(15(20)16(21)17(14)25)7-13-18(26)24(19(27)23-13)9-10-3-5-12(22)6-4-10/h3-8,25H,2,9H2,1H3,(H,23,27)/b13-7+. The Kier molecular flexibility index (Phi) is 6.04. The lowest BCUT2D eigenvalue weighted by molar-refractivity contribution is -0.123. The lowest BCUT2D eigenvalue weighted by atomic mass is 10.1. The summed E-state index contributed by atoms with van der Waals surface area (Å²) < 4.78 is 19.3. The number of nitrogens with zero attached hydrogens (tertiary/aromatic N) is 1. The van der Waals surface area contributed by atoms with Crippen molar-refractivity contribution in [3.05, 3.63) is 61.9 Å². The molecule has 0 saturated carbocycles. The summed E-state index contributed by atoms with van der Waals surface area (Å²) in [7, 11) is 0. The third-order valence-corrected chi connectivity index (χ3v) is 6.15. The van der Waals surface area contributed by atoms with Crippen LogP contribution < -0.4 is 10.1 Å². The highest BCUT2D eigenvalue weighted by atomic mass is 79.9. The number of halogens is 3. The van der Waals surface area contributed by atoms with Gasteiger partial charge in [0.15, 0.2) is 11.5 Å². The van der Waals surface area contributed by atoms with Crippen molar-refractivity contribution in [2.45, 2.75) is 13.5 Å². The van der Waals surface area contributed by atoms with E-state index in [4.69, 9.17) is 4.74 Å². The van der Waals surface area contributed by atoms with E-state index in [-0.39, 0.29) is 23.7 Å². The first-order valence-electron chi connectivity index (χ1n) is 8.24. The number of hydrogen-bond donors (Lipinski definition) is 2. The Labute approximate surface area is 177 Å². The summed E-state index contributed by atoms with van der Waals surface area (Å²) in [5.41, 5.74) is 1.23. The van der Waals surface area contributed by atoms with E-state index in [0.717, 1.165) is 4.90 Å². The molecule has 0 atom stereocenters. The van der Waals surface area contributed by atoms with E-state index in [2.05, 4.69) is 37.2 Å². The van der Waals surface area contributed by atoms with Gasteiger partial charge in [0.05, 0.1) is 17.6 Å². The molecule has 1 fully saturated rings. The molecule has 146 valence electrons. The molecule has 2 aromatic rings.